The van der Waals surface area contributed by atoms with Crippen molar-refractivity contribution in [2.45, 2.75) is 39.2 Å². The number of amides is 1. The average molecular weight is 865 g/mol. The molecular weight excluding hydrogens is 814 g/mol. The lowest BCUT2D eigenvalue weighted by molar-refractivity contribution is -0.133. The summed E-state index contributed by atoms with van der Waals surface area (Å²) < 4.78 is 39.3. The molecule has 1 amide bonds. The fraction of sp³-hybridized carbons (Fsp3) is 0.564. The van der Waals surface area contributed by atoms with Crippen LogP contribution in [0.25, 0.3) is 11.4 Å². The zero-order chi connectivity index (χ0) is 42.8. The summed E-state index contributed by atoms with van der Waals surface area (Å²) in [6.07, 6.45) is 1.00. The van der Waals surface area contributed by atoms with E-state index in [0.29, 0.717) is 89.2 Å². The van der Waals surface area contributed by atoms with Gasteiger partial charge < -0.3 is 45.4 Å². The van der Waals surface area contributed by atoms with Crippen LogP contribution in [0.1, 0.15) is 46.8 Å². The number of carbonyl (C=O) groups is 1. The number of fused-ring (bicyclic) bond motifs is 1. The van der Waals surface area contributed by atoms with Gasteiger partial charge in [-0.2, -0.15) is 19.9 Å². The molecule has 8 heterocycles. The number of rotatable bonds is 12. The van der Waals surface area contributed by atoms with Gasteiger partial charge in [-0.3, -0.25) is 14.7 Å². The molecule has 0 bridgehead atoms. The number of nitrogens with two attached hydrogens (primary N) is 2. The van der Waals surface area contributed by atoms with Gasteiger partial charge in [0.05, 0.1) is 44.7 Å². The molecule has 0 radical (unpaired) electrons. The van der Waals surface area contributed by atoms with Crippen LogP contribution >= 0.6 is 11.6 Å². The van der Waals surface area contributed by atoms with Crippen molar-refractivity contribution in [2.75, 3.05) is 132 Å². The summed E-state index contributed by atoms with van der Waals surface area (Å²) in [5.41, 5.74) is 14.9. The Hall–Kier alpha value is -5.38. The van der Waals surface area contributed by atoms with Gasteiger partial charge in [-0.1, -0.05) is 11.6 Å². The maximum Gasteiger partial charge on any atom is 0.281 e. The van der Waals surface area contributed by atoms with Crippen LogP contribution < -0.4 is 30.9 Å². The molecule has 4 N–H and O–H groups in total. The number of hydrogen-bond donors (Lipinski definition) is 2. The Morgan fingerprint density at radius 1 is 0.869 bits per heavy atom. The summed E-state index contributed by atoms with van der Waals surface area (Å²) in [4.78, 5) is 61.4. The summed E-state index contributed by atoms with van der Waals surface area (Å²) in [7, 11) is 1.67. The maximum atomic E-state index is 14.1. The van der Waals surface area contributed by atoms with Gasteiger partial charge in [0.15, 0.2) is 5.82 Å². The van der Waals surface area contributed by atoms with Crippen LogP contribution in [0.2, 0.25) is 5.15 Å². The largest absolute Gasteiger partial charge is 0.496 e. The first-order valence-corrected chi connectivity index (χ1v) is 20.9. The first kappa shape index (κ1) is 42.3. The maximum absolute atomic E-state index is 14.1. The van der Waals surface area contributed by atoms with E-state index in [9.17, 15) is 13.6 Å². The molecule has 4 aliphatic heterocycles. The quantitative estimate of drug-likeness (QED) is 0.196. The van der Waals surface area contributed by atoms with Gasteiger partial charge in [-0.25, -0.2) is 23.7 Å². The van der Waals surface area contributed by atoms with Gasteiger partial charge in [0, 0.05) is 107 Å². The minimum absolute atomic E-state index is 0.0141. The van der Waals surface area contributed by atoms with Crippen molar-refractivity contribution in [1.29, 1.82) is 0 Å². The zero-order valence-corrected chi connectivity index (χ0v) is 35.4. The molecule has 4 aromatic rings. The molecule has 19 nitrogen and oxygen atoms in total. The summed E-state index contributed by atoms with van der Waals surface area (Å²) in [5.74, 6) is 2.35. The Bertz CT molecular complexity index is 2220. The number of halogens is 3. The average Bonchev–Trinajstić information content (AvgIpc) is 3.61. The van der Waals surface area contributed by atoms with Gasteiger partial charge >= 0.3 is 0 Å². The zero-order valence-electron chi connectivity index (χ0n) is 34.6. The number of aryl methyl sites for hydroxylation is 1. The van der Waals surface area contributed by atoms with Crippen molar-refractivity contribution in [2.24, 2.45) is 0 Å². The van der Waals surface area contributed by atoms with Gasteiger partial charge in [0.25, 0.3) is 6.43 Å². The van der Waals surface area contributed by atoms with Crippen LogP contribution in [0.3, 0.4) is 0 Å². The molecule has 3 saturated heterocycles. The van der Waals surface area contributed by atoms with E-state index < -0.39 is 12.1 Å². The molecule has 0 spiro atoms. The molecule has 326 valence electrons. The second-order valence-corrected chi connectivity index (χ2v) is 16.1. The Morgan fingerprint density at radius 3 is 2.25 bits per heavy atom. The first-order valence-electron chi connectivity index (χ1n) is 20.5. The fourth-order valence-corrected chi connectivity index (χ4v) is 8.82. The van der Waals surface area contributed by atoms with Crippen molar-refractivity contribution in [1.82, 2.24) is 54.6 Å². The van der Waals surface area contributed by atoms with Crippen LogP contribution in [0.4, 0.5) is 38.4 Å². The molecule has 0 saturated carbocycles. The highest BCUT2D eigenvalue weighted by atomic mass is 35.5. The minimum Gasteiger partial charge on any atom is -0.496 e. The molecule has 0 aliphatic carbocycles. The van der Waals surface area contributed by atoms with E-state index in [0.717, 1.165) is 73.1 Å². The van der Waals surface area contributed by atoms with Gasteiger partial charge in [0.1, 0.15) is 22.4 Å². The van der Waals surface area contributed by atoms with Crippen molar-refractivity contribution >= 4 is 47.1 Å². The highest BCUT2D eigenvalue weighted by Crippen LogP contribution is 2.42. The van der Waals surface area contributed by atoms with E-state index in [1.807, 2.05) is 34.7 Å². The van der Waals surface area contributed by atoms with Gasteiger partial charge in [-0.15, -0.1) is 0 Å². The van der Waals surface area contributed by atoms with Crippen molar-refractivity contribution < 1.29 is 23.0 Å². The summed E-state index contributed by atoms with van der Waals surface area (Å²) in [5, 5.41) is 0.387. The SMILES string of the molecule is COc1c(C)cnc(CN2C[C@H](CCN3CCN(CC(=O)N4CCN(c5nc(-c6cnc(N)nc6C(F)F)nc(N6CCOCC6)n5)CC4)CC3)c3c(Cl)nc(N)nc32)c1C. The summed E-state index contributed by atoms with van der Waals surface area (Å²) >= 11 is 6.72. The van der Waals surface area contributed by atoms with Crippen molar-refractivity contribution in [3.05, 3.63) is 45.6 Å². The molecule has 22 heteroatoms. The standard InChI is InChI=1S/C39H51ClF2N16O3/c1-23-18-45-27(24(2)31(23)60-3)21-58-20-25(29-32(40)48-37(44)51-35(29)58)4-5-53-6-8-54(9-7-53)22-28(59)55-10-12-56(13-11-55)38-49-34(26-19-46-36(43)47-30(26)33(41)42)50-39(52-38)57-14-16-61-17-15-57/h18-19,25,33H,4-17,20-22H2,1-3H3,(H2,43,46,47)(H2,44,48,51)/t25-/m0/s1. The van der Waals surface area contributed by atoms with E-state index >= 15 is 0 Å². The van der Waals surface area contributed by atoms with Crippen LogP contribution in [-0.4, -0.2) is 166 Å². The highest BCUT2D eigenvalue weighted by Gasteiger charge is 2.35. The van der Waals surface area contributed by atoms with E-state index in [1.165, 1.54) is 6.20 Å². The topological polar surface area (TPSA) is 210 Å². The lowest BCUT2D eigenvalue weighted by atomic mass is 10.00. The predicted octanol–water partition coefficient (Wildman–Crippen LogP) is 2.19. The Labute approximate surface area is 357 Å². The Kier molecular flexibility index (Phi) is 12.7. The molecule has 61 heavy (non-hydrogen) atoms. The first-order chi connectivity index (χ1) is 29.4. The molecule has 4 aliphatic rings. The molecule has 3 fully saturated rings. The van der Waals surface area contributed by atoms with Gasteiger partial charge in [0.2, 0.25) is 29.7 Å². The number of alkyl halides is 2. The molecule has 0 unspecified atom stereocenters. The van der Waals surface area contributed by atoms with E-state index in [-0.39, 0.29) is 35.1 Å². The molecular formula is C39H51ClF2N16O3. The van der Waals surface area contributed by atoms with Crippen LogP contribution in [-0.2, 0) is 16.1 Å². The fourth-order valence-electron chi connectivity index (χ4n) is 8.49. The van der Waals surface area contributed by atoms with Gasteiger partial charge in [-0.05, 0) is 26.8 Å². The van der Waals surface area contributed by atoms with E-state index in [4.69, 9.17) is 42.5 Å². The smallest absolute Gasteiger partial charge is 0.281 e. The number of morpholine rings is 1. The number of hydrogen-bond acceptors (Lipinski definition) is 18. The summed E-state index contributed by atoms with van der Waals surface area (Å²) in [6.45, 7) is 13.6. The number of nitrogens with zero attached hydrogens (tertiary/aromatic N) is 14. The second-order valence-electron chi connectivity index (χ2n) is 15.7. The number of nitrogen functional groups attached to an aromatic ring is 2. The molecule has 1 atom stereocenters. The lowest BCUT2D eigenvalue weighted by Crippen LogP contribution is -2.54. The number of piperazine rings is 2. The second kappa shape index (κ2) is 18.3. The molecule has 0 aromatic carbocycles. The molecule has 8 rings (SSSR count). The molecule has 4 aromatic heterocycles. The summed E-state index contributed by atoms with van der Waals surface area (Å²) in [6, 6.07) is 0. The number of pyridine rings is 1. The van der Waals surface area contributed by atoms with Crippen LogP contribution in [0.15, 0.2) is 12.4 Å². The normalized spacial score (nSPS) is 18.9. The predicted molar refractivity (Wildman–Crippen MR) is 225 cm³/mol. The number of anilines is 5. The number of methoxy groups -OCH3 is 1. The number of aromatic nitrogens is 8. The van der Waals surface area contributed by atoms with Crippen molar-refractivity contribution in [3.63, 3.8) is 0 Å². The lowest BCUT2D eigenvalue weighted by Gasteiger charge is -2.38. The third-order valence-corrected chi connectivity index (χ3v) is 12.1. The highest BCUT2D eigenvalue weighted by molar-refractivity contribution is 6.30. The minimum atomic E-state index is -2.91. The Balaban J connectivity index is 0.847. The number of carbonyl (C=O) groups excluding carboxylic acids is 1. The van der Waals surface area contributed by atoms with Crippen LogP contribution in [0.5, 0.6) is 5.75 Å². The van der Waals surface area contributed by atoms with E-state index in [2.05, 4.69) is 44.6 Å². The van der Waals surface area contributed by atoms with Crippen molar-refractivity contribution in [3.8, 4) is 17.1 Å². The Morgan fingerprint density at radius 2 is 1.56 bits per heavy atom. The third-order valence-electron chi connectivity index (χ3n) is 11.9. The monoisotopic (exact) mass is 864 g/mol. The number of ether oxygens (including phenoxy) is 2. The third kappa shape index (κ3) is 9.29. The van der Waals surface area contributed by atoms with Crippen LogP contribution in [0, 0.1) is 13.8 Å². The van der Waals surface area contributed by atoms with E-state index in [1.54, 1.807) is 7.11 Å².